The maximum absolute atomic E-state index is 2.42. The zero-order valence-electron chi connectivity index (χ0n) is 6.79. The first kappa shape index (κ1) is 6.90. The molecule has 58 valence electrons. The van der Waals surface area contributed by atoms with Crippen LogP contribution in [0.3, 0.4) is 0 Å². The van der Waals surface area contributed by atoms with Gasteiger partial charge in [0.15, 0.2) is 0 Å². The predicted octanol–water partition coefficient (Wildman–Crippen LogP) is 3.23. The molecule has 0 aromatic heterocycles. The molecule has 0 spiro atoms. The Morgan fingerprint density at radius 1 is 1.09 bits per heavy atom. The van der Waals surface area contributed by atoms with Gasteiger partial charge in [0.2, 0.25) is 0 Å². The molecule has 0 heteroatoms. The summed E-state index contributed by atoms with van der Waals surface area (Å²) in [4.78, 5) is 0. The summed E-state index contributed by atoms with van der Waals surface area (Å²) in [6, 6.07) is 0. The van der Waals surface area contributed by atoms with Crippen LogP contribution in [0, 0.1) is 5.92 Å². The van der Waals surface area contributed by atoms with E-state index in [0.717, 1.165) is 5.92 Å². The highest BCUT2D eigenvalue weighted by Gasteiger charge is 2.12. The van der Waals surface area contributed by atoms with E-state index in [0.29, 0.717) is 0 Å². The normalized spacial score (nSPS) is 23.5. The Labute approximate surface area is 68.3 Å². The molecule has 1 fully saturated rings. The zero-order chi connectivity index (χ0) is 7.52. The van der Waals surface area contributed by atoms with Crippen LogP contribution in [0.1, 0.15) is 25.7 Å². The lowest BCUT2D eigenvalue weighted by Crippen LogP contribution is -1.86. The lowest BCUT2D eigenvalue weighted by molar-refractivity contribution is 0.684. The Balaban J connectivity index is 2.01. The smallest absolute Gasteiger partial charge is 0.0225 e. The van der Waals surface area contributed by atoms with Crippen LogP contribution in [-0.2, 0) is 0 Å². The van der Waals surface area contributed by atoms with Crippen molar-refractivity contribution in [1.82, 2.24) is 0 Å². The Kier molecular flexibility index (Phi) is 1.93. The lowest BCUT2D eigenvalue weighted by atomic mass is 10.1. The van der Waals surface area contributed by atoms with Crippen LogP contribution < -0.4 is 0 Å². The third kappa shape index (κ3) is 1.62. The second-order valence-corrected chi connectivity index (χ2v) is 3.43. The molecule has 0 aromatic carbocycles. The minimum absolute atomic E-state index is 0.873. The van der Waals surface area contributed by atoms with Crippen molar-refractivity contribution in [3.05, 3.63) is 36.0 Å². The summed E-state index contributed by atoms with van der Waals surface area (Å²) in [6.45, 7) is 0. The van der Waals surface area contributed by atoms with Crippen molar-refractivity contribution >= 4 is 0 Å². The van der Waals surface area contributed by atoms with Crippen LogP contribution in [0.2, 0.25) is 0 Å². The van der Waals surface area contributed by atoms with Crippen molar-refractivity contribution in [2.75, 3.05) is 0 Å². The second-order valence-electron chi connectivity index (χ2n) is 3.43. The SMILES string of the molecule is C1=CC(=CC2CCCC2)C=C1. The van der Waals surface area contributed by atoms with Crippen molar-refractivity contribution in [2.45, 2.75) is 25.7 Å². The molecule has 2 rings (SSSR count). The highest BCUT2D eigenvalue weighted by atomic mass is 14.2. The van der Waals surface area contributed by atoms with Gasteiger partial charge in [-0.3, -0.25) is 0 Å². The Morgan fingerprint density at radius 3 is 2.36 bits per heavy atom. The molecule has 2 aliphatic rings. The molecule has 0 radical (unpaired) electrons. The number of allylic oxidation sites excluding steroid dienone is 6. The maximum Gasteiger partial charge on any atom is -0.0225 e. The van der Waals surface area contributed by atoms with E-state index >= 15 is 0 Å². The van der Waals surface area contributed by atoms with Crippen LogP contribution in [0.4, 0.5) is 0 Å². The van der Waals surface area contributed by atoms with Crippen LogP contribution in [-0.4, -0.2) is 0 Å². The highest BCUT2D eigenvalue weighted by molar-refractivity contribution is 5.40. The predicted molar refractivity (Wildman–Crippen MR) is 48.3 cm³/mol. The minimum Gasteiger partial charge on any atom is -0.0741 e. The summed E-state index contributed by atoms with van der Waals surface area (Å²) in [5, 5.41) is 0. The van der Waals surface area contributed by atoms with Gasteiger partial charge in [0.1, 0.15) is 0 Å². The highest BCUT2D eigenvalue weighted by Crippen LogP contribution is 2.27. The zero-order valence-corrected chi connectivity index (χ0v) is 6.79. The molecule has 0 bridgehead atoms. The molecule has 0 heterocycles. The van der Waals surface area contributed by atoms with Gasteiger partial charge in [0.25, 0.3) is 0 Å². The van der Waals surface area contributed by atoms with Gasteiger partial charge in [-0.15, -0.1) is 0 Å². The minimum atomic E-state index is 0.873. The first-order chi connectivity index (χ1) is 5.45. The van der Waals surface area contributed by atoms with E-state index in [9.17, 15) is 0 Å². The Bertz CT molecular complexity index is 198. The van der Waals surface area contributed by atoms with E-state index < -0.39 is 0 Å². The first-order valence-corrected chi connectivity index (χ1v) is 4.52. The summed E-state index contributed by atoms with van der Waals surface area (Å²) >= 11 is 0. The molecule has 0 saturated heterocycles. The molecule has 0 unspecified atom stereocenters. The number of hydrogen-bond acceptors (Lipinski definition) is 0. The third-order valence-corrected chi connectivity index (χ3v) is 2.52. The van der Waals surface area contributed by atoms with Gasteiger partial charge in [0, 0.05) is 0 Å². The molecule has 0 nitrogen and oxygen atoms in total. The van der Waals surface area contributed by atoms with Crippen molar-refractivity contribution in [3.8, 4) is 0 Å². The molecule has 0 atom stereocenters. The van der Waals surface area contributed by atoms with Crippen LogP contribution in [0.5, 0.6) is 0 Å². The average molecular weight is 146 g/mol. The quantitative estimate of drug-likeness (QED) is 0.532. The Morgan fingerprint density at radius 2 is 1.73 bits per heavy atom. The summed E-state index contributed by atoms with van der Waals surface area (Å²) in [5.41, 5.74) is 1.41. The average Bonchev–Trinajstić information content (AvgIpc) is 2.60. The van der Waals surface area contributed by atoms with Crippen LogP contribution in [0.15, 0.2) is 36.0 Å². The maximum atomic E-state index is 2.42. The van der Waals surface area contributed by atoms with Gasteiger partial charge < -0.3 is 0 Å². The van der Waals surface area contributed by atoms with Gasteiger partial charge in [-0.2, -0.15) is 0 Å². The van der Waals surface area contributed by atoms with Crippen molar-refractivity contribution in [1.29, 1.82) is 0 Å². The van der Waals surface area contributed by atoms with E-state index in [-0.39, 0.29) is 0 Å². The third-order valence-electron chi connectivity index (χ3n) is 2.52. The lowest BCUT2D eigenvalue weighted by Gasteiger charge is -2.00. The fourth-order valence-corrected chi connectivity index (χ4v) is 1.90. The van der Waals surface area contributed by atoms with Crippen molar-refractivity contribution < 1.29 is 0 Å². The van der Waals surface area contributed by atoms with Crippen LogP contribution >= 0.6 is 0 Å². The van der Waals surface area contributed by atoms with E-state index in [2.05, 4.69) is 30.4 Å². The van der Waals surface area contributed by atoms with Crippen molar-refractivity contribution in [3.63, 3.8) is 0 Å². The molecule has 0 aromatic rings. The van der Waals surface area contributed by atoms with Crippen molar-refractivity contribution in [2.24, 2.45) is 5.92 Å². The molecule has 0 N–H and O–H groups in total. The van der Waals surface area contributed by atoms with E-state index in [1.165, 1.54) is 31.3 Å². The fourth-order valence-electron chi connectivity index (χ4n) is 1.90. The van der Waals surface area contributed by atoms with Gasteiger partial charge in [0.05, 0.1) is 0 Å². The first-order valence-electron chi connectivity index (χ1n) is 4.52. The summed E-state index contributed by atoms with van der Waals surface area (Å²) in [6.07, 6.45) is 16.7. The number of hydrogen-bond donors (Lipinski definition) is 0. The standard InChI is InChI=1S/C11H14/c1-2-6-10(5-1)9-11-7-3-4-8-11/h1-2,5-6,9,11H,3-4,7-8H2. The van der Waals surface area contributed by atoms with Gasteiger partial charge in [-0.25, -0.2) is 0 Å². The van der Waals surface area contributed by atoms with Crippen LogP contribution in [0.25, 0.3) is 0 Å². The van der Waals surface area contributed by atoms with E-state index in [4.69, 9.17) is 0 Å². The van der Waals surface area contributed by atoms with Gasteiger partial charge >= 0.3 is 0 Å². The fraction of sp³-hybridized carbons (Fsp3) is 0.455. The largest absolute Gasteiger partial charge is 0.0741 e. The van der Waals surface area contributed by atoms with E-state index in [1.54, 1.807) is 0 Å². The van der Waals surface area contributed by atoms with Gasteiger partial charge in [-0.1, -0.05) is 43.2 Å². The summed E-state index contributed by atoms with van der Waals surface area (Å²) in [5.74, 6) is 0.873. The van der Waals surface area contributed by atoms with Gasteiger partial charge in [-0.05, 0) is 24.3 Å². The molecule has 11 heavy (non-hydrogen) atoms. The summed E-state index contributed by atoms with van der Waals surface area (Å²) < 4.78 is 0. The molecule has 0 amide bonds. The number of rotatable bonds is 1. The van der Waals surface area contributed by atoms with E-state index in [1.807, 2.05) is 0 Å². The monoisotopic (exact) mass is 146 g/mol. The topological polar surface area (TPSA) is 0 Å². The second kappa shape index (κ2) is 3.08. The molecule has 2 aliphatic carbocycles. The Hall–Kier alpha value is -0.780. The molecule has 0 aliphatic heterocycles. The molecule has 1 saturated carbocycles. The molecular formula is C11H14. The molecular weight excluding hydrogens is 132 g/mol. The summed E-state index contributed by atoms with van der Waals surface area (Å²) in [7, 11) is 0.